The second kappa shape index (κ2) is 27.7. The van der Waals surface area contributed by atoms with Crippen molar-refractivity contribution in [1.82, 2.24) is 5.32 Å². The molecule has 0 aliphatic heterocycles. The number of aliphatic hydroxyl groups excluding tert-OH is 1. The van der Waals surface area contributed by atoms with Crippen LogP contribution >= 0.6 is 24.8 Å². The van der Waals surface area contributed by atoms with Crippen molar-refractivity contribution in [1.29, 1.82) is 0 Å². The van der Waals surface area contributed by atoms with E-state index in [9.17, 15) is 0 Å². The Morgan fingerprint density at radius 3 is 1.35 bits per heavy atom. The minimum atomic E-state index is -0.106. The van der Waals surface area contributed by atoms with Crippen LogP contribution in [0.4, 0.5) is 0 Å². The first-order valence-electron chi connectivity index (χ1n) is 10.9. The Labute approximate surface area is 176 Å². The van der Waals surface area contributed by atoms with E-state index in [1.54, 1.807) is 0 Å². The Kier molecular flexibility index (Phi) is 33.2. The number of hydrogen-bond donors (Lipinski definition) is 3. The highest BCUT2D eigenvalue weighted by atomic mass is 35.5. The standard InChI is InChI=1S/C21H46N2O.2ClH/c1-2-3-4-5-6-7-8-9-10-11-12-13-14-15-16-17-18-23-19-21(22)20-24;;/h21,23-24H,2-20,22H2,1H3;2*1H/t21-;;/m1../s1. The second-order valence-corrected chi connectivity index (χ2v) is 7.45. The van der Waals surface area contributed by atoms with Crippen molar-refractivity contribution in [2.24, 2.45) is 5.73 Å². The molecular formula is C21H48Cl2N2O. The summed E-state index contributed by atoms with van der Waals surface area (Å²) in [7, 11) is 0. The molecule has 1 atom stereocenters. The monoisotopic (exact) mass is 414 g/mol. The Hall–Kier alpha value is 0.460. The van der Waals surface area contributed by atoms with Gasteiger partial charge in [-0.05, 0) is 13.0 Å². The Bertz CT molecular complexity index is 234. The molecule has 0 saturated heterocycles. The number of halogens is 2. The first-order chi connectivity index (χ1) is 11.8. The molecule has 0 radical (unpaired) electrons. The lowest BCUT2D eigenvalue weighted by molar-refractivity contribution is 0.262. The quantitative estimate of drug-likeness (QED) is 0.214. The molecule has 0 rings (SSSR count). The minimum absolute atomic E-state index is 0. The van der Waals surface area contributed by atoms with Gasteiger partial charge in [0.2, 0.25) is 0 Å². The van der Waals surface area contributed by atoms with Gasteiger partial charge in [0.05, 0.1) is 6.61 Å². The SMILES string of the molecule is CCCCCCCCCCCCCCCCCCNC[C@@H](N)CO.Cl.Cl. The molecule has 0 saturated carbocycles. The zero-order valence-corrected chi connectivity index (χ0v) is 19.0. The van der Waals surface area contributed by atoms with Gasteiger partial charge in [-0.25, -0.2) is 0 Å². The van der Waals surface area contributed by atoms with Crippen LogP contribution in [0.1, 0.15) is 110 Å². The zero-order valence-electron chi connectivity index (χ0n) is 17.4. The maximum absolute atomic E-state index is 8.81. The van der Waals surface area contributed by atoms with Gasteiger partial charge in [-0.1, -0.05) is 103 Å². The second-order valence-electron chi connectivity index (χ2n) is 7.45. The molecule has 0 bridgehead atoms. The van der Waals surface area contributed by atoms with Crippen LogP contribution in [-0.4, -0.2) is 30.8 Å². The Morgan fingerprint density at radius 1 is 0.654 bits per heavy atom. The third kappa shape index (κ3) is 26.7. The number of rotatable bonds is 20. The van der Waals surface area contributed by atoms with E-state index in [0.717, 1.165) is 13.1 Å². The number of hydrogen-bond acceptors (Lipinski definition) is 3. The molecular weight excluding hydrogens is 367 g/mol. The van der Waals surface area contributed by atoms with Crippen molar-refractivity contribution in [3.8, 4) is 0 Å². The van der Waals surface area contributed by atoms with Crippen molar-refractivity contribution in [3.05, 3.63) is 0 Å². The molecule has 0 heterocycles. The van der Waals surface area contributed by atoms with Gasteiger partial charge in [0.1, 0.15) is 0 Å². The first kappa shape index (κ1) is 31.2. The fraction of sp³-hybridized carbons (Fsp3) is 1.00. The van der Waals surface area contributed by atoms with Crippen LogP contribution < -0.4 is 11.1 Å². The highest BCUT2D eigenvalue weighted by molar-refractivity contribution is 5.85. The normalized spacial score (nSPS) is 11.7. The molecule has 0 aromatic heterocycles. The van der Waals surface area contributed by atoms with Gasteiger partial charge >= 0.3 is 0 Å². The predicted molar refractivity (Wildman–Crippen MR) is 122 cm³/mol. The van der Waals surface area contributed by atoms with Crippen molar-refractivity contribution >= 4 is 24.8 Å². The number of nitrogens with two attached hydrogens (primary N) is 1. The van der Waals surface area contributed by atoms with Crippen LogP contribution in [0.25, 0.3) is 0 Å². The van der Waals surface area contributed by atoms with Gasteiger partial charge in [-0.15, -0.1) is 24.8 Å². The van der Waals surface area contributed by atoms with E-state index in [-0.39, 0.29) is 37.5 Å². The molecule has 0 aromatic rings. The third-order valence-corrected chi connectivity index (χ3v) is 4.85. The summed E-state index contributed by atoms with van der Waals surface area (Å²) in [5, 5.41) is 12.1. The van der Waals surface area contributed by atoms with Gasteiger partial charge in [-0.3, -0.25) is 0 Å². The van der Waals surface area contributed by atoms with E-state index in [2.05, 4.69) is 12.2 Å². The predicted octanol–water partition coefficient (Wildman–Crippen LogP) is 6.00. The lowest BCUT2D eigenvalue weighted by Gasteiger charge is -2.09. The molecule has 3 nitrogen and oxygen atoms in total. The van der Waals surface area contributed by atoms with E-state index in [1.165, 1.54) is 103 Å². The van der Waals surface area contributed by atoms with E-state index in [4.69, 9.17) is 10.8 Å². The molecule has 0 aliphatic carbocycles. The summed E-state index contributed by atoms with van der Waals surface area (Å²) in [6.45, 7) is 4.13. The van der Waals surface area contributed by atoms with Gasteiger partial charge < -0.3 is 16.2 Å². The average Bonchev–Trinajstić information content (AvgIpc) is 2.60. The highest BCUT2D eigenvalue weighted by Crippen LogP contribution is 2.13. The van der Waals surface area contributed by atoms with E-state index in [0.29, 0.717) is 0 Å². The lowest BCUT2D eigenvalue weighted by atomic mass is 10.0. The Balaban J connectivity index is -0.00000264. The molecule has 0 fully saturated rings. The highest BCUT2D eigenvalue weighted by Gasteiger charge is 1.98. The topological polar surface area (TPSA) is 58.3 Å². The summed E-state index contributed by atoms with van der Waals surface area (Å²) < 4.78 is 0. The molecule has 0 aliphatic rings. The van der Waals surface area contributed by atoms with Gasteiger partial charge in [0, 0.05) is 12.6 Å². The van der Waals surface area contributed by atoms with E-state index in [1.807, 2.05) is 0 Å². The zero-order chi connectivity index (χ0) is 17.7. The molecule has 0 spiro atoms. The smallest absolute Gasteiger partial charge is 0.0594 e. The summed E-state index contributed by atoms with van der Waals surface area (Å²) in [4.78, 5) is 0. The maximum Gasteiger partial charge on any atom is 0.0594 e. The average molecular weight is 416 g/mol. The molecule has 0 aromatic carbocycles. The van der Waals surface area contributed by atoms with Crippen LogP contribution in [0.15, 0.2) is 0 Å². The summed E-state index contributed by atoms with van der Waals surface area (Å²) in [6.07, 6.45) is 22.6. The summed E-state index contributed by atoms with van der Waals surface area (Å²) in [5.74, 6) is 0. The largest absolute Gasteiger partial charge is 0.395 e. The van der Waals surface area contributed by atoms with Gasteiger partial charge in [0.15, 0.2) is 0 Å². The van der Waals surface area contributed by atoms with Crippen molar-refractivity contribution in [2.75, 3.05) is 19.7 Å². The molecule has 162 valence electrons. The van der Waals surface area contributed by atoms with Crippen LogP contribution in [-0.2, 0) is 0 Å². The van der Waals surface area contributed by atoms with Crippen LogP contribution in [0.3, 0.4) is 0 Å². The number of unbranched alkanes of at least 4 members (excludes halogenated alkanes) is 15. The minimum Gasteiger partial charge on any atom is -0.395 e. The summed E-state index contributed by atoms with van der Waals surface area (Å²) in [5.41, 5.74) is 5.63. The van der Waals surface area contributed by atoms with E-state index < -0.39 is 0 Å². The maximum atomic E-state index is 8.81. The van der Waals surface area contributed by atoms with Crippen LogP contribution in [0.5, 0.6) is 0 Å². The van der Waals surface area contributed by atoms with Crippen molar-refractivity contribution in [3.63, 3.8) is 0 Å². The molecule has 0 unspecified atom stereocenters. The third-order valence-electron chi connectivity index (χ3n) is 4.85. The Morgan fingerprint density at radius 2 is 1.00 bits per heavy atom. The lowest BCUT2D eigenvalue weighted by Crippen LogP contribution is -2.36. The molecule has 4 N–H and O–H groups in total. The van der Waals surface area contributed by atoms with Gasteiger partial charge in [0.25, 0.3) is 0 Å². The summed E-state index contributed by atoms with van der Waals surface area (Å²) >= 11 is 0. The molecule has 5 heteroatoms. The van der Waals surface area contributed by atoms with Crippen LogP contribution in [0.2, 0.25) is 0 Å². The van der Waals surface area contributed by atoms with Crippen molar-refractivity contribution in [2.45, 2.75) is 116 Å². The molecule has 26 heavy (non-hydrogen) atoms. The van der Waals surface area contributed by atoms with Crippen molar-refractivity contribution < 1.29 is 5.11 Å². The first-order valence-corrected chi connectivity index (χ1v) is 10.9. The number of nitrogens with one attached hydrogen (secondary N) is 1. The fourth-order valence-corrected chi connectivity index (χ4v) is 3.15. The fourth-order valence-electron chi connectivity index (χ4n) is 3.15. The van der Waals surface area contributed by atoms with Crippen LogP contribution in [0, 0.1) is 0 Å². The number of aliphatic hydroxyl groups is 1. The van der Waals surface area contributed by atoms with Gasteiger partial charge in [-0.2, -0.15) is 0 Å². The molecule has 0 amide bonds. The van der Waals surface area contributed by atoms with E-state index >= 15 is 0 Å². The summed E-state index contributed by atoms with van der Waals surface area (Å²) in [6, 6.07) is -0.106.